The highest BCUT2D eigenvalue weighted by atomic mass is 16.3. The molecular weight excluding hydrogens is 715 g/mol. The van der Waals surface area contributed by atoms with Gasteiger partial charge in [-0.05, 0) is 91.5 Å². The highest BCUT2D eigenvalue weighted by molar-refractivity contribution is 6.30. The van der Waals surface area contributed by atoms with E-state index in [0.717, 1.165) is 55.5 Å². The zero-order valence-electron chi connectivity index (χ0n) is 32.2. The molecule has 0 aliphatic heterocycles. The first-order valence-corrected chi connectivity index (χ1v) is 20.3. The minimum absolute atomic E-state index is 0.528. The van der Waals surface area contributed by atoms with Gasteiger partial charge in [-0.25, -0.2) is 0 Å². The Kier molecular flexibility index (Phi) is 7.48. The molecule has 10 aromatic carbocycles. The summed E-state index contributed by atoms with van der Waals surface area (Å²) in [4.78, 5) is 2.45. The summed E-state index contributed by atoms with van der Waals surface area (Å²) in [7, 11) is 0. The fraction of sp³-hybridized carbons (Fsp3) is 0.0175. The fourth-order valence-electron chi connectivity index (χ4n) is 10.1. The van der Waals surface area contributed by atoms with Crippen LogP contribution in [0.5, 0.6) is 0 Å². The highest BCUT2D eigenvalue weighted by Crippen LogP contribution is 2.58. The van der Waals surface area contributed by atoms with Crippen molar-refractivity contribution in [2.24, 2.45) is 0 Å². The topological polar surface area (TPSA) is 16.4 Å². The van der Waals surface area contributed by atoms with Crippen LogP contribution in [0.2, 0.25) is 0 Å². The molecule has 0 N–H and O–H groups in total. The van der Waals surface area contributed by atoms with Crippen LogP contribution in [0.3, 0.4) is 0 Å². The van der Waals surface area contributed by atoms with Gasteiger partial charge in [-0.3, -0.25) is 0 Å². The molecule has 2 heteroatoms. The molecule has 2 nitrogen and oxygen atoms in total. The van der Waals surface area contributed by atoms with Crippen LogP contribution in [-0.2, 0) is 5.41 Å². The van der Waals surface area contributed by atoms with E-state index < -0.39 is 5.41 Å². The van der Waals surface area contributed by atoms with Gasteiger partial charge in [0.05, 0.1) is 11.1 Å². The number of anilines is 3. The molecule has 1 aliphatic carbocycles. The number of benzene rings is 10. The number of hydrogen-bond donors (Lipinski definition) is 0. The quantitative estimate of drug-likeness (QED) is 0.157. The van der Waals surface area contributed by atoms with E-state index in [1.54, 1.807) is 0 Å². The molecule has 59 heavy (non-hydrogen) atoms. The molecule has 0 radical (unpaired) electrons. The molecular formula is C57H37NO. The summed E-state index contributed by atoms with van der Waals surface area (Å²) in [5.74, 6) is 0. The van der Waals surface area contributed by atoms with Crippen molar-refractivity contribution in [1.82, 2.24) is 0 Å². The fourth-order valence-corrected chi connectivity index (χ4v) is 10.1. The van der Waals surface area contributed by atoms with Crippen molar-refractivity contribution in [1.29, 1.82) is 0 Å². The van der Waals surface area contributed by atoms with E-state index in [4.69, 9.17) is 4.42 Å². The van der Waals surface area contributed by atoms with Crippen molar-refractivity contribution in [2.45, 2.75) is 5.41 Å². The summed E-state index contributed by atoms with van der Waals surface area (Å²) in [5.41, 5.74) is 14.3. The molecule has 0 fully saturated rings. The van der Waals surface area contributed by atoms with E-state index in [-0.39, 0.29) is 0 Å². The lowest BCUT2D eigenvalue weighted by atomic mass is 9.67. The van der Waals surface area contributed by atoms with E-state index in [2.05, 4.69) is 229 Å². The normalized spacial score (nSPS) is 12.9. The first-order valence-electron chi connectivity index (χ1n) is 20.3. The SMILES string of the molecule is c1ccc(-c2cc3oc4c5ccccc5c5ccccc5c4c3cc2N(c2ccccc2)c2ccc3c(c2)C(c2ccccc2)(c2ccccc2)c2ccccc2-3)cc1. The lowest BCUT2D eigenvalue weighted by Crippen LogP contribution is -2.28. The summed E-state index contributed by atoms with van der Waals surface area (Å²) in [5, 5.41) is 6.97. The molecule has 276 valence electrons. The largest absolute Gasteiger partial charge is 0.455 e. The van der Waals surface area contributed by atoms with Crippen LogP contribution in [-0.4, -0.2) is 0 Å². The van der Waals surface area contributed by atoms with Crippen molar-refractivity contribution in [3.05, 3.63) is 247 Å². The van der Waals surface area contributed by atoms with Gasteiger partial charge in [-0.1, -0.05) is 188 Å². The zero-order valence-corrected chi connectivity index (χ0v) is 32.2. The van der Waals surface area contributed by atoms with Crippen LogP contribution in [0.15, 0.2) is 229 Å². The summed E-state index contributed by atoms with van der Waals surface area (Å²) in [6, 6.07) is 81.7. The Morgan fingerprint density at radius 3 is 1.59 bits per heavy atom. The van der Waals surface area contributed by atoms with Crippen LogP contribution < -0.4 is 4.90 Å². The Labute approximate surface area is 342 Å². The van der Waals surface area contributed by atoms with Gasteiger partial charge in [-0.15, -0.1) is 0 Å². The molecule has 0 saturated carbocycles. The smallest absolute Gasteiger partial charge is 0.143 e. The minimum atomic E-state index is -0.528. The first kappa shape index (κ1) is 33.5. The van der Waals surface area contributed by atoms with Gasteiger partial charge in [0.15, 0.2) is 0 Å². The van der Waals surface area contributed by atoms with Crippen molar-refractivity contribution in [3.63, 3.8) is 0 Å². The van der Waals surface area contributed by atoms with E-state index in [9.17, 15) is 0 Å². The predicted octanol–water partition coefficient (Wildman–Crippen LogP) is 15.4. The van der Waals surface area contributed by atoms with Crippen molar-refractivity contribution >= 4 is 60.5 Å². The molecule has 0 saturated heterocycles. The van der Waals surface area contributed by atoms with Crippen LogP contribution >= 0.6 is 0 Å². The second-order valence-corrected chi connectivity index (χ2v) is 15.6. The molecule has 0 atom stereocenters. The zero-order chi connectivity index (χ0) is 38.9. The molecule has 0 bridgehead atoms. The number of nitrogens with zero attached hydrogens (tertiary/aromatic N) is 1. The van der Waals surface area contributed by atoms with Crippen molar-refractivity contribution < 1.29 is 4.42 Å². The Balaban J connectivity index is 1.19. The third-order valence-corrected chi connectivity index (χ3v) is 12.5. The minimum Gasteiger partial charge on any atom is -0.455 e. The third kappa shape index (κ3) is 4.93. The highest BCUT2D eigenvalue weighted by Gasteiger charge is 2.46. The van der Waals surface area contributed by atoms with Crippen LogP contribution in [0.25, 0.3) is 65.7 Å². The van der Waals surface area contributed by atoms with Gasteiger partial charge in [0, 0.05) is 33.1 Å². The van der Waals surface area contributed by atoms with Crippen molar-refractivity contribution in [2.75, 3.05) is 4.90 Å². The number of fused-ring (bicyclic) bond motifs is 11. The number of rotatable bonds is 6. The Morgan fingerprint density at radius 2 is 0.898 bits per heavy atom. The average molecular weight is 752 g/mol. The predicted molar refractivity (Wildman–Crippen MR) is 246 cm³/mol. The average Bonchev–Trinajstić information content (AvgIpc) is 3.84. The lowest BCUT2D eigenvalue weighted by molar-refractivity contribution is 0.673. The Hall–Kier alpha value is -7.68. The van der Waals surface area contributed by atoms with Gasteiger partial charge in [0.1, 0.15) is 11.2 Å². The van der Waals surface area contributed by atoms with E-state index >= 15 is 0 Å². The summed E-state index contributed by atoms with van der Waals surface area (Å²) < 4.78 is 6.99. The Bertz CT molecular complexity index is 3330. The second kappa shape index (κ2) is 13.2. The molecule has 0 spiro atoms. The van der Waals surface area contributed by atoms with E-state index in [1.165, 1.54) is 49.5 Å². The maximum atomic E-state index is 6.99. The standard InChI is InChI=1S/C57H37NO/c1-5-19-38(20-6-1)49-37-54-50(55-47-30-15-13-27-43(47)44-28-14-16-31-48(44)56(55)59-54)36-53(49)58(41-25-11-4-12-26-41)42-33-34-46-45-29-17-18-32-51(45)57(52(46)35-42,39-21-7-2-8-22-39)40-23-9-3-10-24-40/h1-37H. The Morgan fingerprint density at radius 1 is 0.356 bits per heavy atom. The summed E-state index contributed by atoms with van der Waals surface area (Å²) in [6.07, 6.45) is 0. The first-order chi connectivity index (χ1) is 29.3. The molecule has 0 amide bonds. The van der Waals surface area contributed by atoms with Gasteiger partial charge >= 0.3 is 0 Å². The molecule has 0 unspecified atom stereocenters. The maximum absolute atomic E-state index is 6.99. The molecule has 1 aliphatic rings. The third-order valence-electron chi connectivity index (χ3n) is 12.5. The maximum Gasteiger partial charge on any atom is 0.143 e. The van der Waals surface area contributed by atoms with E-state index in [1.807, 2.05) is 0 Å². The molecule has 1 heterocycles. The van der Waals surface area contributed by atoms with Crippen LogP contribution in [0, 0.1) is 0 Å². The molecule has 1 aromatic heterocycles. The van der Waals surface area contributed by atoms with Gasteiger partial charge in [0.25, 0.3) is 0 Å². The second-order valence-electron chi connectivity index (χ2n) is 15.6. The van der Waals surface area contributed by atoms with Crippen LogP contribution in [0.4, 0.5) is 17.1 Å². The number of hydrogen-bond acceptors (Lipinski definition) is 2. The number of para-hydroxylation sites is 1. The summed E-state index contributed by atoms with van der Waals surface area (Å²) in [6.45, 7) is 0. The lowest BCUT2D eigenvalue weighted by Gasteiger charge is -2.35. The monoisotopic (exact) mass is 751 g/mol. The van der Waals surface area contributed by atoms with E-state index in [0.29, 0.717) is 0 Å². The van der Waals surface area contributed by atoms with Crippen molar-refractivity contribution in [3.8, 4) is 22.3 Å². The summed E-state index contributed by atoms with van der Waals surface area (Å²) >= 11 is 0. The molecule has 12 rings (SSSR count). The molecule has 11 aromatic rings. The van der Waals surface area contributed by atoms with Gasteiger partial charge in [-0.2, -0.15) is 0 Å². The number of furan rings is 1. The van der Waals surface area contributed by atoms with Crippen LogP contribution in [0.1, 0.15) is 22.3 Å². The van der Waals surface area contributed by atoms with Gasteiger partial charge in [0.2, 0.25) is 0 Å². The van der Waals surface area contributed by atoms with Gasteiger partial charge < -0.3 is 9.32 Å².